The fraction of sp³-hybridized carbons (Fsp3) is 0.615. The summed E-state index contributed by atoms with van der Waals surface area (Å²) in [7, 11) is -2.45. The first-order valence-corrected chi connectivity index (χ1v) is 20.7. The Morgan fingerprint density at radius 1 is 1.11 bits per heavy atom. The minimum atomic E-state index is -4.91. The van der Waals surface area contributed by atoms with Crippen molar-refractivity contribution in [3.8, 4) is 11.6 Å². The first-order valence-electron chi connectivity index (χ1n) is 19.1. The molecule has 3 fully saturated rings. The molecule has 3 N–H and O–H groups in total. The molecule has 2 aromatic rings. The van der Waals surface area contributed by atoms with Gasteiger partial charge >= 0.3 is 12.3 Å². The van der Waals surface area contributed by atoms with E-state index in [1.165, 1.54) is 18.2 Å². The zero-order valence-electron chi connectivity index (χ0n) is 33.1. The van der Waals surface area contributed by atoms with E-state index in [4.69, 9.17) is 14.2 Å². The van der Waals surface area contributed by atoms with Gasteiger partial charge in [-0.05, 0) is 87.4 Å². The third kappa shape index (κ3) is 9.92. The van der Waals surface area contributed by atoms with Gasteiger partial charge in [-0.15, -0.1) is 0 Å². The number of aromatic nitrogens is 1. The van der Waals surface area contributed by atoms with Gasteiger partial charge in [-0.3, -0.25) is 19.1 Å². The van der Waals surface area contributed by atoms with Crippen molar-refractivity contribution < 1.29 is 55.0 Å². The van der Waals surface area contributed by atoms with Gasteiger partial charge in [-0.2, -0.15) is 13.2 Å². The van der Waals surface area contributed by atoms with E-state index >= 15 is 0 Å². The van der Waals surface area contributed by atoms with Gasteiger partial charge in [-0.1, -0.05) is 39.8 Å². The number of fused-ring (bicyclic) bond motifs is 1. The van der Waals surface area contributed by atoms with Gasteiger partial charge in [0.15, 0.2) is 0 Å². The maximum absolute atomic E-state index is 14.7. The van der Waals surface area contributed by atoms with Crippen molar-refractivity contribution in [2.45, 2.75) is 121 Å². The van der Waals surface area contributed by atoms with Crippen LogP contribution >= 0.6 is 0 Å². The van der Waals surface area contributed by atoms with E-state index in [1.54, 1.807) is 43.3 Å². The van der Waals surface area contributed by atoms with E-state index in [1.807, 2.05) is 20.8 Å². The molecule has 57 heavy (non-hydrogen) atoms. The summed E-state index contributed by atoms with van der Waals surface area (Å²) >= 11 is 0. The lowest BCUT2D eigenvalue weighted by Gasteiger charge is -2.34. The number of rotatable bonds is 16. The second kappa shape index (κ2) is 16.7. The first-order chi connectivity index (χ1) is 26.6. The number of amides is 4. The molecule has 1 aromatic carbocycles. The molecule has 4 amide bonds. The number of benzene rings is 1. The van der Waals surface area contributed by atoms with E-state index < -0.39 is 86.4 Å². The Morgan fingerprint density at radius 2 is 1.81 bits per heavy atom. The van der Waals surface area contributed by atoms with Crippen LogP contribution in [0.5, 0.6) is 11.6 Å². The van der Waals surface area contributed by atoms with E-state index in [2.05, 4.69) is 20.3 Å². The van der Waals surface area contributed by atoms with Gasteiger partial charge in [0.05, 0.1) is 18.9 Å². The minimum Gasteiger partial charge on any atom is -0.497 e. The first kappa shape index (κ1) is 43.5. The lowest BCUT2D eigenvalue weighted by Crippen LogP contribution is -2.59. The predicted molar refractivity (Wildman–Crippen MR) is 203 cm³/mol. The molecule has 18 heteroatoms. The molecule has 2 aliphatic carbocycles. The van der Waals surface area contributed by atoms with Crippen LogP contribution in [-0.4, -0.2) is 96.5 Å². The van der Waals surface area contributed by atoms with Crippen molar-refractivity contribution >= 4 is 44.6 Å². The predicted octanol–water partition coefficient (Wildman–Crippen LogP) is 5.16. The third-order valence-electron chi connectivity index (χ3n) is 10.6. The number of pyridine rings is 1. The average Bonchev–Trinajstić information content (AvgIpc) is 4.05. The number of nitrogens with zero attached hydrogens (tertiary/aromatic N) is 2. The van der Waals surface area contributed by atoms with Crippen LogP contribution in [-0.2, 0) is 29.1 Å². The summed E-state index contributed by atoms with van der Waals surface area (Å²) in [5.74, 6) is -2.87. The number of halogens is 3. The number of hydrogen-bond donors (Lipinski definition) is 3. The Labute approximate surface area is 330 Å². The van der Waals surface area contributed by atoms with Crippen molar-refractivity contribution in [2.24, 2.45) is 17.8 Å². The number of carbonyl (C=O) groups excluding carboxylic acids is 4. The number of methoxy groups -OCH3 is 1. The summed E-state index contributed by atoms with van der Waals surface area (Å²) in [5, 5.41) is 5.76. The lowest BCUT2D eigenvalue weighted by molar-refractivity contribution is -0.244. The van der Waals surface area contributed by atoms with Gasteiger partial charge in [0.1, 0.15) is 29.5 Å². The topological polar surface area (TPSA) is 182 Å². The van der Waals surface area contributed by atoms with E-state index in [0.29, 0.717) is 50.7 Å². The monoisotopic (exact) mass is 823 g/mol. The summed E-state index contributed by atoms with van der Waals surface area (Å²) in [6.07, 6.45) is -0.422. The minimum absolute atomic E-state index is 0.00202. The van der Waals surface area contributed by atoms with Crippen molar-refractivity contribution in [2.75, 3.05) is 13.7 Å². The summed E-state index contributed by atoms with van der Waals surface area (Å²) in [6, 6.07) is 4.23. The highest BCUT2D eigenvalue weighted by molar-refractivity contribution is 7.91. The molecule has 314 valence electrons. The highest BCUT2D eigenvalue weighted by Crippen LogP contribution is 2.46. The normalized spacial score (nSPS) is 23.6. The zero-order chi connectivity index (χ0) is 42.1. The van der Waals surface area contributed by atoms with Crippen LogP contribution in [0.25, 0.3) is 10.8 Å². The molecule has 5 rings (SSSR count). The molecule has 1 aliphatic heterocycles. The lowest BCUT2D eigenvalue weighted by atomic mass is 9.91. The van der Waals surface area contributed by atoms with Crippen molar-refractivity contribution in [1.82, 2.24) is 25.2 Å². The Bertz CT molecular complexity index is 1990. The molecule has 0 bridgehead atoms. The van der Waals surface area contributed by atoms with E-state index in [-0.39, 0.29) is 31.2 Å². The third-order valence-corrected chi connectivity index (χ3v) is 12.4. The number of likely N-dealkylation sites (tertiary alicyclic amines) is 1. The smallest absolute Gasteiger partial charge is 0.427 e. The average molecular weight is 824 g/mol. The second-order valence-electron chi connectivity index (χ2n) is 16.1. The number of alkyl carbamates (subject to hydrolysis) is 1. The number of sulfonamides is 1. The molecular formula is C39H52F3N5O9S. The van der Waals surface area contributed by atoms with Crippen LogP contribution < -0.4 is 24.8 Å². The summed E-state index contributed by atoms with van der Waals surface area (Å²) in [5.41, 5.74) is -4.52. The standard InChI is InChI=1S/C39H52F3N5O9S/c1-8-9-10-25-20-38(25,35(50)46-57(52,53)28-12-13-28)45-32(48)30-19-27(55-33-29-14-11-26(54-7)18-24(29)15-16-43-33)21-47(30)34(49)31(23(4)17-22(2)3)44-36(51)56-37(5,6)39(40,41)42/h9-11,14-16,18,22-23,25,27-28,30-31H,8,12-13,17,19-21H2,1-7H3,(H,44,51)(H,45,48)(H,46,50)/b10-9-/t23-,25-,27-,30+,31+,38-/m1/s1. The Kier molecular flexibility index (Phi) is 12.7. The Morgan fingerprint density at radius 3 is 2.42 bits per heavy atom. The fourth-order valence-corrected chi connectivity index (χ4v) is 8.46. The maximum Gasteiger partial charge on any atom is 0.427 e. The van der Waals surface area contributed by atoms with Crippen LogP contribution in [0.4, 0.5) is 18.0 Å². The number of nitrogens with one attached hydrogen (secondary N) is 3. The summed E-state index contributed by atoms with van der Waals surface area (Å²) < 4.78 is 85.3. The number of ether oxygens (including phenoxy) is 3. The largest absolute Gasteiger partial charge is 0.497 e. The molecule has 0 radical (unpaired) electrons. The molecule has 3 aliphatic rings. The summed E-state index contributed by atoms with van der Waals surface area (Å²) in [4.78, 5) is 61.4. The summed E-state index contributed by atoms with van der Waals surface area (Å²) in [6.45, 7) is 8.44. The molecule has 0 spiro atoms. The molecule has 1 saturated heterocycles. The number of alkyl halides is 3. The molecule has 14 nitrogen and oxygen atoms in total. The highest BCUT2D eigenvalue weighted by Gasteiger charge is 2.62. The molecule has 0 unspecified atom stereocenters. The van der Waals surface area contributed by atoms with Crippen LogP contribution in [0, 0.1) is 17.8 Å². The zero-order valence-corrected chi connectivity index (χ0v) is 34.0. The molecule has 2 heterocycles. The van der Waals surface area contributed by atoms with Crippen LogP contribution in [0.3, 0.4) is 0 Å². The van der Waals surface area contributed by atoms with Crippen molar-refractivity contribution in [3.05, 3.63) is 42.6 Å². The number of allylic oxidation sites excluding steroid dienone is 1. The molecule has 1 aromatic heterocycles. The van der Waals surface area contributed by atoms with Gasteiger partial charge in [0, 0.05) is 23.9 Å². The van der Waals surface area contributed by atoms with Gasteiger partial charge in [0.25, 0.3) is 5.91 Å². The van der Waals surface area contributed by atoms with E-state index in [9.17, 15) is 40.8 Å². The SMILES string of the molecule is CC/C=C\[C@@H]1C[C@]1(NC(=O)[C@@H]1C[C@@H](Oc2nccc3cc(OC)ccc23)CN1C(=O)[C@@H](NC(=O)OC(C)(C)C(F)(F)F)[C@H](C)CC(C)C)C(=O)NS(=O)(=O)C1CC1. The Hall–Kier alpha value is -4.61. The van der Waals surface area contributed by atoms with Crippen LogP contribution in [0.15, 0.2) is 42.6 Å². The Balaban J connectivity index is 1.48. The highest BCUT2D eigenvalue weighted by atomic mass is 32.2. The number of hydrogen-bond acceptors (Lipinski definition) is 10. The van der Waals surface area contributed by atoms with Crippen LogP contribution in [0.1, 0.15) is 80.1 Å². The molecule has 2 saturated carbocycles. The quantitative estimate of drug-likeness (QED) is 0.191. The molecule has 6 atom stereocenters. The maximum atomic E-state index is 14.7. The van der Waals surface area contributed by atoms with Crippen LogP contribution in [0.2, 0.25) is 0 Å². The second-order valence-corrected chi connectivity index (χ2v) is 18.1. The van der Waals surface area contributed by atoms with Gasteiger partial charge in [0.2, 0.25) is 33.3 Å². The van der Waals surface area contributed by atoms with E-state index in [0.717, 1.165) is 5.39 Å². The van der Waals surface area contributed by atoms with Gasteiger partial charge < -0.3 is 29.7 Å². The fourth-order valence-electron chi connectivity index (χ4n) is 7.10. The number of carbonyl (C=O) groups is 4. The van der Waals surface area contributed by atoms with Crippen molar-refractivity contribution in [3.63, 3.8) is 0 Å². The van der Waals surface area contributed by atoms with Crippen molar-refractivity contribution in [1.29, 1.82) is 0 Å². The van der Waals surface area contributed by atoms with Gasteiger partial charge in [-0.25, -0.2) is 18.2 Å². The molecular weight excluding hydrogens is 772 g/mol.